The van der Waals surface area contributed by atoms with Crippen molar-refractivity contribution in [3.05, 3.63) is 0 Å². The van der Waals surface area contributed by atoms with Crippen molar-refractivity contribution < 1.29 is 27.9 Å². The molecule has 7 nitrogen and oxygen atoms in total. The molecule has 0 unspecified atom stereocenters. The van der Waals surface area contributed by atoms with Crippen LogP contribution in [0, 0.1) is 11.3 Å². The van der Waals surface area contributed by atoms with Crippen LogP contribution in [0.1, 0.15) is 26.7 Å². The fourth-order valence-electron chi connectivity index (χ4n) is 2.31. The van der Waals surface area contributed by atoms with E-state index in [0.717, 1.165) is 0 Å². The van der Waals surface area contributed by atoms with Crippen molar-refractivity contribution >= 4 is 21.7 Å². The van der Waals surface area contributed by atoms with Gasteiger partial charge in [0.15, 0.2) is 9.84 Å². The minimum atomic E-state index is -3.46. The van der Waals surface area contributed by atoms with Gasteiger partial charge in [0.25, 0.3) is 0 Å². The number of aliphatic carboxylic acids is 1. The van der Waals surface area contributed by atoms with E-state index in [0.29, 0.717) is 26.1 Å². The number of sulfone groups is 1. The van der Waals surface area contributed by atoms with Crippen LogP contribution in [-0.2, 0) is 24.2 Å². The molecule has 1 fully saturated rings. The molecule has 0 aromatic heterocycles. The number of nitrogens with one attached hydrogen (secondary N) is 1. The van der Waals surface area contributed by atoms with Crippen molar-refractivity contribution in [1.82, 2.24) is 5.32 Å². The number of carboxylic acids is 1. The van der Waals surface area contributed by atoms with Crippen molar-refractivity contribution in [2.24, 2.45) is 11.3 Å². The second-order valence-corrected chi connectivity index (χ2v) is 8.03. The fraction of sp³-hybridized carbons (Fsp3) is 0.846. The van der Waals surface area contributed by atoms with Crippen LogP contribution in [0.2, 0.25) is 0 Å². The summed E-state index contributed by atoms with van der Waals surface area (Å²) in [4.78, 5) is 23.1. The summed E-state index contributed by atoms with van der Waals surface area (Å²) in [6.07, 6.45) is 0.614. The van der Waals surface area contributed by atoms with Crippen molar-refractivity contribution in [2.75, 3.05) is 31.3 Å². The molecule has 0 spiro atoms. The molecule has 122 valence electrons. The van der Waals surface area contributed by atoms with E-state index in [1.54, 1.807) is 13.8 Å². The van der Waals surface area contributed by atoms with Crippen LogP contribution in [0.25, 0.3) is 0 Å². The van der Waals surface area contributed by atoms with Crippen molar-refractivity contribution in [2.45, 2.75) is 26.7 Å². The lowest BCUT2D eigenvalue weighted by molar-refractivity contribution is -0.154. The van der Waals surface area contributed by atoms with Gasteiger partial charge in [0.1, 0.15) is 5.75 Å². The number of hydrogen-bond acceptors (Lipinski definition) is 5. The smallest absolute Gasteiger partial charge is 0.311 e. The molecular formula is C13H23NO6S. The Bertz CT molecular complexity index is 479. The number of rotatable bonds is 7. The molecule has 0 atom stereocenters. The van der Waals surface area contributed by atoms with E-state index in [2.05, 4.69) is 5.32 Å². The first-order chi connectivity index (χ1) is 9.67. The number of carboxylic acid groups (broad SMARTS) is 1. The van der Waals surface area contributed by atoms with Crippen molar-refractivity contribution in [1.29, 1.82) is 0 Å². The van der Waals surface area contributed by atoms with Crippen LogP contribution < -0.4 is 5.32 Å². The second-order valence-electron chi connectivity index (χ2n) is 5.92. The first kappa shape index (κ1) is 17.9. The van der Waals surface area contributed by atoms with Crippen LogP contribution in [0.15, 0.2) is 0 Å². The SMILES string of the molecule is CC(C)CS(=O)(=O)CC(=O)NCC1(C(=O)O)CCOCC1. The molecule has 0 aliphatic carbocycles. The highest BCUT2D eigenvalue weighted by atomic mass is 32.2. The fourth-order valence-corrected chi connectivity index (χ4v) is 3.95. The Morgan fingerprint density at radius 2 is 1.86 bits per heavy atom. The van der Waals surface area contributed by atoms with Gasteiger partial charge >= 0.3 is 5.97 Å². The van der Waals surface area contributed by atoms with Gasteiger partial charge in [0.2, 0.25) is 5.91 Å². The van der Waals surface area contributed by atoms with Gasteiger partial charge < -0.3 is 15.2 Å². The molecule has 0 aromatic carbocycles. The molecule has 1 aliphatic heterocycles. The third kappa shape index (κ3) is 5.62. The summed E-state index contributed by atoms with van der Waals surface area (Å²) < 4.78 is 28.6. The van der Waals surface area contributed by atoms with Gasteiger partial charge in [-0.15, -0.1) is 0 Å². The van der Waals surface area contributed by atoms with Gasteiger partial charge in [-0.1, -0.05) is 13.8 Å². The molecule has 1 heterocycles. The quantitative estimate of drug-likeness (QED) is 0.686. The minimum Gasteiger partial charge on any atom is -0.481 e. The molecular weight excluding hydrogens is 298 g/mol. The van der Waals surface area contributed by atoms with E-state index in [9.17, 15) is 23.1 Å². The Labute approximate surface area is 125 Å². The third-order valence-electron chi connectivity index (χ3n) is 3.47. The number of ether oxygens (including phenoxy) is 1. The van der Waals surface area contributed by atoms with Crippen LogP contribution in [-0.4, -0.2) is 56.7 Å². The monoisotopic (exact) mass is 321 g/mol. The molecule has 1 rings (SSSR count). The highest BCUT2D eigenvalue weighted by Crippen LogP contribution is 2.30. The zero-order valence-electron chi connectivity index (χ0n) is 12.4. The van der Waals surface area contributed by atoms with E-state index >= 15 is 0 Å². The molecule has 8 heteroatoms. The van der Waals surface area contributed by atoms with E-state index < -0.39 is 32.9 Å². The molecule has 0 aromatic rings. The van der Waals surface area contributed by atoms with Gasteiger partial charge in [-0.05, 0) is 18.8 Å². The first-order valence-electron chi connectivity index (χ1n) is 6.95. The lowest BCUT2D eigenvalue weighted by Crippen LogP contribution is -2.47. The van der Waals surface area contributed by atoms with E-state index in [4.69, 9.17) is 4.74 Å². The van der Waals surface area contributed by atoms with Gasteiger partial charge in [-0.3, -0.25) is 9.59 Å². The Hall–Kier alpha value is -1.15. The maximum atomic E-state index is 11.7. The largest absolute Gasteiger partial charge is 0.481 e. The zero-order chi connectivity index (χ0) is 16.1. The summed E-state index contributed by atoms with van der Waals surface area (Å²) in [6, 6.07) is 0. The second kappa shape index (κ2) is 7.22. The average Bonchev–Trinajstić information content (AvgIpc) is 2.35. The molecule has 1 amide bonds. The molecule has 0 saturated carbocycles. The van der Waals surface area contributed by atoms with Crippen LogP contribution in [0.3, 0.4) is 0 Å². The molecule has 1 aliphatic rings. The Balaban J connectivity index is 2.57. The average molecular weight is 321 g/mol. The van der Waals surface area contributed by atoms with Crippen molar-refractivity contribution in [3.8, 4) is 0 Å². The lowest BCUT2D eigenvalue weighted by Gasteiger charge is -2.33. The number of carbonyl (C=O) groups excluding carboxylic acids is 1. The molecule has 2 N–H and O–H groups in total. The third-order valence-corrected chi connectivity index (χ3v) is 5.34. The summed E-state index contributed by atoms with van der Waals surface area (Å²) >= 11 is 0. The first-order valence-corrected chi connectivity index (χ1v) is 8.77. The zero-order valence-corrected chi connectivity index (χ0v) is 13.2. The van der Waals surface area contributed by atoms with E-state index in [-0.39, 0.29) is 18.2 Å². The Kier molecular flexibility index (Phi) is 6.15. The molecule has 0 bridgehead atoms. The Morgan fingerprint density at radius 1 is 1.29 bits per heavy atom. The van der Waals surface area contributed by atoms with E-state index in [1.807, 2.05) is 0 Å². The number of carbonyl (C=O) groups is 2. The van der Waals surface area contributed by atoms with Crippen LogP contribution in [0.4, 0.5) is 0 Å². The van der Waals surface area contributed by atoms with Crippen LogP contribution >= 0.6 is 0 Å². The topological polar surface area (TPSA) is 110 Å². The Morgan fingerprint density at radius 3 is 2.33 bits per heavy atom. The summed E-state index contributed by atoms with van der Waals surface area (Å²) in [5.41, 5.74) is -1.06. The standard InChI is InChI=1S/C13H23NO6S/c1-10(2)7-21(18,19)8-11(15)14-9-13(12(16)17)3-5-20-6-4-13/h10H,3-9H2,1-2H3,(H,14,15)(H,16,17). The molecule has 21 heavy (non-hydrogen) atoms. The van der Waals surface area contributed by atoms with Crippen molar-refractivity contribution in [3.63, 3.8) is 0 Å². The summed E-state index contributed by atoms with van der Waals surface area (Å²) in [5.74, 6) is -2.35. The number of amides is 1. The normalized spacial score (nSPS) is 18.4. The number of hydrogen-bond donors (Lipinski definition) is 2. The van der Waals surface area contributed by atoms with Gasteiger partial charge in [-0.25, -0.2) is 8.42 Å². The van der Waals surface area contributed by atoms with Gasteiger partial charge in [-0.2, -0.15) is 0 Å². The maximum absolute atomic E-state index is 11.7. The predicted molar refractivity (Wildman–Crippen MR) is 76.6 cm³/mol. The predicted octanol–water partition coefficient (Wildman–Crippen LogP) is 0.0548. The maximum Gasteiger partial charge on any atom is 0.311 e. The summed E-state index contributed by atoms with van der Waals surface area (Å²) in [6.45, 7) is 4.11. The van der Waals surface area contributed by atoms with Gasteiger partial charge in [0.05, 0.1) is 11.2 Å². The molecule has 0 radical (unpaired) electrons. The summed E-state index contributed by atoms with van der Waals surface area (Å²) in [7, 11) is -3.46. The minimum absolute atomic E-state index is 0.0522. The molecule has 1 saturated heterocycles. The lowest BCUT2D eigenvalue weighted by atomic mass is 9.80. The highest BCUT2D eigenvalue weighted by Gasteiger charge is 2.40. The summed E-state index contributed by atoms with van der Waals surface area (Å²) in [5, 5.41) is 11.8. The van der Waals surface area contributed by atoms with E-state index in [1.165, 1.54) is 0 Å². The highest BCUT2D eigenvalue weighted by molar-refractivity contribution is 7.92. The van der Waals surface area contributed by atoms with Crippen LogP contribution in [0.5, 0.6) is 0 Å². The van der Waals surface area contributed by atoms with Gasteiger partial charge in [0, 0.05) is 19.8 Å².